The molecule has 3 rings (SSSR count). The molecule has 1 aromatic carbocycles. The Morgan fingerprint density at radius 2 is 1.90 bits per heavy atom. The van der Waals surface area contributed by atoms with Crippen LogP contribution in [0.4, 0.5) is 14.5 Å². The number of hydrogen-bond donors (Lipinski definition) is 2. The molecule has 2 aromatic heterocycles. The molecule has 21 heavy (non-hydrogen) atoms. The van der Waals surface area contributed by atoms with Crippen molar-refractivity contribution in [3.8, 4) is 0 Å². The second-order valence-electron chi connectivity index (χ2n) is 4.43. The van der Waals surface area contributed by atoms with Crippen LogP contribution in [-0.2, 0) is 0 Å². The average Bonchev–Trinajstić information content (AvgIpc) is 2.85. The first kappa shape index (κ1) is 13.7. The van der Waals surface area contributed by atoms with Gasteiger partial charge in [-0.3, -0.25) is 4.79 Å². The molecule has 3 N–H and O–H groups in total. The third-order valence-corrected chi connectivity index (χ3v) is 3.51. The molecule has 0 bridgehead atoms. The molecule has 106 valence electrons. The Morgan fingerprint density at radius 1 is 1.19 bits per heavy atom. The lowest BCUT2D eigenvalue weighted by atomic mass is 10.0. The number of halogens is 3. The quantitative estimate of drug-likeness (QED) is 0.548. The number of carbonyl (C=O) groups excluding carboxylic acids is 1. The fourth-order valence-electron chi connectivity index (χ4n) is 2.07. The molecule has 3 aromatic rings. The third kappa shape index (κ3) is 2.29. The lowest BCUT2D eigenvalue weighted by Crippen LogP contribution is -2.06. The predicted octanol–water partition coefficient (Wildman–Crippen LogP) is 3.42. The summed E-state index contributed by atoms with van der Waals surface area (Å²) in [6.07, 6.45) is 3.05. The van der Waals surface area contributed by atoms with Gasteiger partial charge < -0.3 is 10.7 Å². The maximum absolute atomic E-state index is 13.3. The van der Waals surface area contributed by atoms with Crippen LogP contribution in [0.2, 0.25) is 0 Å². The van der Waals surface area contributed by atoms with Crippen LogP contribution in [0.25, 0.3) is 11.0 Å². The number of aromatic amines is 1. The molecule has 0 atom stereocenters. The van der Waals surface area contributed by atoms with Crippen LogP contribution in [0, 0.1) is 11.6 Å². The number of nitrogens with zero attached hydrogens (tertiary/aromatic N) is 1. The summed E-state index contributed by atoms with van der Waals surface area (Å²) in [4.78, 5) is 19.4. The van der Waals surface area contributed by atoms with Gasteiger partial charge in [-0.25, -0.2) is 13.8 Å². The Morgan fingerprint density at radius 3 is 2.67 bits per heavy atom. The average molecular weight is 352 g/mol. The van der Waals surface area contributed by atoms with Gasteiger partial charge in [0.25, 0.3) is 0 Å². The minimum absolute atomic E-state index is 0.0882. The molecule has 7 heteroatoms. The molecule has 0 saturated heterocycles. The fraction of sp³-hybridized carbons (Fsp3) is 0. The molecule has 4 nitrogen and oxygen atoms in total. The van der Waals surface area contributed by atoms with Gasteiger partial charge in [0.15, 0.2) is 17.4 Å². The van der Waals surface area contributed by atoms with E-state index in [0.29, 0.717) is 15.5 Å². The van der Waals surface area contributed by atoms with E-state index in [-0.39, 0.29) is 16.8 Å². The van der Waals surface area contributed by atoms with Crippen molar-refractivity contribution in [3.05, 3.63) is 57.8 Å². The van der Waals surface area contributed by atoms with E-state index in [2.05, 4.69) is 25.9 Å². The predicted molar refractivity (Wildman–Crippen MR) is 78.0 cm³/mol. The maximum Gasteiger partial charge on any atom is 0.197 e. The van der Waals surface area contributed by atoms with E-state index in [1.165, 1.54) is 6.20 Å². The highest BCUT2D eigenvalue weighted by atomic mass is 79.9. The summed E-state index contributed by atoms with van der Waals surface area (Å²) in [5.74, 6) is -2.71. The van der Waals surface area contributed by atoms with Gasteiger partial charge in [0.2, 0.25) is 0 Å². The van der Waals surface area contributed by atoms with Gasteiger partial charge in [-0.1, -0.05) is 0 Å². The van der Waals surface area contributed by atoms with Crippen LogP contribution in [0.15, 0.2) is 35.1 Å². The van der Waals surface area contributed by atoms with Gasteiger partial charge in [0, 0.05) is 45.1 Å². The summed E-state index contributed by atoms with van der Waals surface area (Å²) < 4.78 is 27.1. The molecule has 0 fully saturated rings. The van der Waals surface area contributed by atoms with Gasteiger partial charge in [-0.15, -0.1) is 0 Å². The first-order chi connectivity index (χ1) is 9.97. The van der Waals surface area contributed by atoms with E-state index in [1.807, 2.05) is 0 Å². The van der Waals surface area contributed by atoms with Crippen molar-refractivity contribution in [2.75, 3.05) is 5.73 Å². The molecular weight excluding hydrogens is 344 g/mol. The summed E-state index contributed by atoms with van der Waals surface area (Å²) in [7, 11) is 0. The molecule has 0 spiro atoms. The Labute approximate surface area is 126 Å². The van der Waals surface area contributed by atoms with Gasteiger partial charge in [-0.2, -0.15) is 0 Å². The molecule has 0 aliphatic rings. The molecule has 0 unspecified atom stereocenters. The number of hydrogen-bond acceptors (Lipinski definition) is 3. The van der Waals surface area contributed by atoms with Crippen molar-refractivity contribution in [2.45, 2.75) is 0 Å². The SMILES string of the molecule is Nc1cc(F)c(F)cc1C(=O)c1c[nH]c2ncc(Br)cc12. The normalized spacial score (nSPS) is 11.0. The minimum atomic E-state index is -1.12. The molecule has 0 radical (unpaired) electrons. The number of anilines is 1. The Kier molecular flexibility index (Phi) is 3.21. The maximum atomic E-state index is 13.3. The van der Waals surface area contributed by atoms with Crippen LogP contribution >= 0.6 is 15.9 Å². The number of rotatable bonds is 2. The van der Waals surface area contributed by atoms with Gasteiger partial charge in [0.1, 0.15) is 5.65 Å². The molecule has 2 heterocycles. The number of nitrogens with one attached hydrogen (secondary N) is 1. The number of nitrogens with two attached hydrogens (primary N) is 1. The van der Waals surface area contributed by atoms with Gasteiger partial charge in [-0.05, 0) is 28.1 Å². The first-order valence-electron chi connectivity index (χ1n) is 5.89. The zero-order chi connectivity index (χ0) is 15.1. The smallest absolute Gasteiger partial charge is 0.197 e. The number of nitrogen functional groups attached to an aromatic ring is 1. The zero-order valence-electron chi connectivity index (χ0n) is 10.5. The highest BCUT2D eigenvalue weighted by Gasteiger charge is 2.19. The van der Waals surface area contributed by atoms with Crippen molar-refractivity contribution in [1.82, 2.24) is 9.97 Å². The largest absolute Gasteiger partial charge is 0.398 e. The number of carbonyl (C=O) groups is 1. The lowest BCUT2D eigenvalue weighted by Gasteiger charge is -2.05. The first-order valence-corrected chi connectivity index (χ1v) is 6.68. The van der Waals surface area contributed by atoms with Crippen LogP contribution in [0.3, 0.4) is 0 Å². The fourth-order valence-corrected chi connectivity index (χ4v) is 2.40. The Hall–Kier alpha value is -2.28. The van der Waals surface area contributed by atoms with Crippen molar-refractivity contribution in [2.24, 2.45) is 0 Å². The number of pyridine rings is 1. The second kappa shape index (κ2) is 4.92. The van der Waals surface area contributed by atoms with Crippen LogP contribution < -0.4 is 5.73 Å². The van der Waals surface area contributed by atoms with Crippen molar-refractivity contribution in [3.63, 3.8) is 0 Å². The Bertz CT molecular complexity index is 876. The van der Waals surface area contributed by atoms with Crippen LogP contribution in [-0.4, -0.2) is 15.8 Å². The number of H-pyrrole nitrogens is 1. The standard InChI is InChI=1S/C14H8BrF2N3O/c15-6-1-7-9(5-20-14(7)19-4-6)13(21)8-2-10(16)11(17)3-12(8)18/h1-5H,18H2,(H,19,20). The topological polar surface area (TPSA) is 71.8 Å². The minimum Gasteiger partial charge on any atom is -0.398 e. The molecule has 0 saturated carbocycles. The summed E-state index contributed by atoms with van der Waals surface area (Å²) in [6.45, 7) is 0. The molecular formula is C14H8BrF2N3O. The number of benzene rings is 1. The molecule has 0 aliphatic heterocycles. The Balaban J connectivity index is 2.17. The van der Waals surface area contributed by atoms with Gasteiger partial charge in [0.05, 0.1) is 0 Å². The number of fused-ring (bicyclic) bond motifs is 1. The van der Waals surface area contributed by atoms with E-state index in [4.69, 9.17) is 5.73 Å². The summed E-state index contributed by atoms with van der Waals surface area (Å²) in [5.41, 5.74) is 6.21. The molecule has 0 amide bonds. The lowest BCUT2D eigenvalue weighted by molar-refractivity contribution is 0.104. The summed E-state index contributed by atoms with van der Waals surface area (Å²) in [5, 5.41) is 0.568. The summed E-state index contributed by atoms with van der Waals surface area (Å²) in [6, 6.07) is 3.31. The van der Waals surface area contributed by atoms with E-state index >= 15 is 0 Å². The zero-order valence-corrected chi connectivity index (χ0v) is 12.0. The number of aromatic nitrogens is 2. The number of ketones is 1. The third-order valence-electron chi connectivity index (χ3n) is 3.08. The van der Waals surface area contributed by atoms with E-state index in [9.17, 15) is 13.6 Å². The van der Waals surface area contributed by atoms with Crippen molar-refractivity contribution < 1.29 is 13.6 Å². The summed E-state index contributed by atoms with van der Waals surface area (Å²) >= 11 is 3.27. The monoisotopic (exact) mass is 351 g/mol. The van der Waals surface area contributed by atoms with E-state index < -0.39 is 17.4 Å². The van der Waals surface area contributed by atoms with E-state index in [0.717, 1.165) is 12.1 Å². The second-order valence-corrected chi connectivity index (χ2v) is 5.35. The van der Waals surface area contributed by atoms with Crippen molar-refractivity contribution in [1.29, 1.82) is 0 Å². The van der Waals surface area contributed by atoms with Crippen molar-refractivity contribution >= 4 is 38.4 Å². The molecule has 0 aliphatic carbocycles. The van der Waals surface area contributed by atoms with Gasteiger partial charge >= 0.3 is 0 Å². The van der Waals surface area contributed by atoms with E-state index in [1.54, 1.807) is 12.3 Å². The van der Waals surface area contributed by atoms with Crippen LogP contribution in [0.1, 0.15) is 15.9 Å². The highest BCUT2D eigenvalue weighted by molar-refractivity contribution is 9.10. The van der Waals surface area contributed by atoms with Crippen LogP contribution in [0.5, 0.6) is 0 Å². The highest BCUT2D eigenvalue weighted by Crippen LogP contribution is 2.26.